The van der Waals surface area contributed by atoms with Gasteiger partial charge in [-0.15, -0.1) is 0 Å². The van der Waals surface area contributed by atoms with Crippen LogP contribution >= 0.6 is 0 Å². The Balaban J connectivity index is 1.73. The smallest absolute Gasteiger partial charge is 0.433 e. The van der Waals surface area contributed by atoms with Crippen molar-refractivity contribution in [1.82, 2.24) is 19.9 Å². The molecule has 3 rings (SSSR count). The van der Waals surface area contributed by atoms with Gasteiger partial charge in [-0.3, -0.25) is 0 Å². The second-order valence-electron chi connectivity index (χ2n) is 7.01. The first-order valence-electron chi connectivity index (χ1n) is 9.31. The average Bonchev–Trinajstić information content (AvgIpc) is 2.71. The van der Waals surface area contributed by atoms with E-state index >= 15 is 0 Å². The van der Waals surface area contributed by atoms with Crippen molar-refractivity contribution < 1.29 is 27.8 Å². The Morgan fingerprint density at radius 2 is 2.00 bits per heavy atom. The van der Waals surface area contributed by atoms with Crippen LogP contribution in [0.3, 0.4) is 0 Å². The van der Waals surface area contributed by atoms with Crippen molar-refractivity contribution in [1.29, 1.82) is 0 Å². The number of ether oxygens (including phenoxy) is 1. The number of amides is 1. The first kappa shape index (κ1) is 21.5. The molecule has 1 aliphatic heterocycles. The summed E-state index contributed by atoms with van der Waals surface area (Å²) in [6.45, 7) is 6.46. The van der Waals surface area contributed by atoms with Gasteiger partial charge in [-0.2, -0.15) is 13.2 Å². The van der Waals surface area contributed by atoms with Gasteiger partial charge in [0, 0.05) is 36.8 Å². The highest BCUT2D eigenvalue weighted by molar-refractivity contribution is 5.67. The predicted octanol–water partition coefficient (Wildman–Crippen LogP) is 4.15. The number of aromatic nitrogens is 3. The molecule has 0 bridgehead atoms. The van der Waals surface area contributed by atoms with Crippen molar-refractivity contribution in [2.45, 2.75) is 31.9 Å². The molecule has 7 nitrogen and oxygen atoms in total. The Morgan fingerprint density at radius 3 is 2.63 bits per heavy atom. The largest absolute Gasteiger partial charge is 0.473 e. The summed E-state index contributed by atoms with van der Waals surface area (Å²) in [5.41, 5.74) is 0.875. The molecule has 0 aliphatic carbocycles. The molecule has 0 unspecified atom stereocenters. The van der Waals surface area contributed by atoms with Gasteiger partial charge in [0.1, 0.15) is 18.1 Å². The number of hydrogen-bond donors (Lipinski definition) is 1. The third-order valence-electron chi connectivity index (χ3n) is 4.88. The molecule has 2 aromatic heterocycles. The number of likely N-dealkylation sites (tertiary alicyclic amines) is 1. The zero-order valence-corrected chi connectivity index (χ0v) is 16.3. The highest BCUT2D eigenvalue weighted by Crippen LogP contribution is 2.32. The van der Waals surface area contributed by atoms with Crippen LogP contribution in [0.4, 0.5) is 18.0 Å². The second kappa shape index (κ2) is 8.68. The number of hydrogen-bond acceptors (Lipinski definition) is 5. The Kier molecular flexibility index (Phi) is 6.23. The number of alkyl halides is 3. The third-order valence-corrected chi connectivity index (χ3v) is 4.88. The fourth-order valence-electron chi connectivity index (χ4n) is 3.31. The molecular weight excluding hydrogens is 401 g/mol. The van der Waals surface area contributed by atoms with Crippen LogP contribution < -0.4 is 4.74 Å². The van der Waals surface area contributed by atoms with Crippen LogP contribution in [0.25, 0.3) is 5.57 Å². The Hall–Kier alpha value is -3.17. The fourth-order valence-corrected chi connectivity index (χ4v) is 3.31. The first-order valence-corrected chi connectivity index (χ1v) is 9.31. The molecule has 3 heterocycles. The maximum absolute atomic E-state index is 12.8. The molecular formula is C20H21F3N4O3. The maximum Gasteiger partial charge on any atom is 0.433 e. The van der Waals surface area contributed by atoms with Gasteiger partial charge in [0.15, 0.2) is 0 Å². The molecule has 0 radical (unpaired) electrons. The van der Waals surface area contributed by atoms with E-state index < -0.39 is 18.0 Å². The zero-order valence-electron chi connectivity index (χ0n) is 16.3. The van der Waals surface area contributed by atoms with E-state index in [-0.39, 0.29) is 18.4 Å². The number of aryl methyl sites for hydroxylation is 1. The number of pyridine rings is 1. The highest BCUT2D eigenvalue weighted by Gasteiger charge is 2.32. The van der Waals surface area contributed by atoms with E-state index in [1.54, 1.807) is 13.1 Å². The van der Waals surface area contributed by atoms with Gasteiger partial charge >= 0.3 is 12.3 Å². The lowest BCUT2D eigenvalue weighted by Gasteiger charge is -2.30. The van der Waals surface area contributed by atoms with Crippen molar-refractivity contribution in [2.75, 3.05) is 19.7 Å². The number of halogens is 3. The van der Waals surface area contributed by atoms with Gasteiger partial charge in [-0.25, -0.2) is 19.7 Å². The van der Waals surface area contributed by atoms with Crippen molar-refractivity contribution in [3.05, 3.63) is 53.8 Å². The predicted molar refractivity (Wildman–Crippen MR) is 102 cm³/mol. The van der Waals surface area contributed by atoms with Gasteiger partial charge in [-0.05, 0) is 31.4 Å². The summed E-state index contributed by atoms with van der Waals surface area (Å²) in [7, 11) is 0. The van der Waals surface area contributed by atoms with Gasteiger partial charge in [0.05, 0.1) is 5.69 Å². The van der Waals surface area contributed by atoms with Crippen molar-refractivity contribution >= 4 is 11.7 Å². The molecule has 160 valence electrons. The minimum Gasteiger partial charge on any atom is -0.473 e. The monoisotopic (exact) mass is 422 g/mol. The molecule has 1 aliphatic rings. The average molecular weight is 422 g/mol. The van der Waals surface area contributed by atoms with E-state index in [9.17, 15) is 18.0 Å². The molecule has 2 aromatic rings. The van der Waals surface area contributed by atoms with Crippen molar-refractivity contribution in [3.63, 3.8) is 0 Å². The number of carbonyl (C=O) groups is 1. The summed E-state index contributed by atoms with van der Waals surface area (Å²) >= 11 is 0. The molecule has 0 spiro atoms. The lowest BCUT2D eigenvalue weighted by molar-refractivity contribution is -0.141. The molecule has 1 fully saturated rings. The van der Waals surface area contributed by atoms with Crippen LogP contribution in [0.15, 0.2) is 31.0 Å². The molecule has 30 heavy (non-hydrogen) atoms. The van der Waals surface area contributed by atoms with E-state index in [2.05, 4.69) is 21.5 Å². The highest BCUT2D eigenvalue weighted by atomic mass is 19.4. The minimum absolute atomic E-state index is 0.0285. The first-order chi connectivity index (χ1) is 14.1. The van der Waals surface area contributed by atoms with Crippen LogP contribution in [0.5, 0.6) is 5.88 Å². The van der Waals surface area contributed by atoms with Crippen LogP contribution in [-0.4, -0.2) is 50.7 Å². The summed E-state index contributed by atoms with van der Waals surface area (Å²) in [5.74, 6) is 0.443. The summed E-state index contributed by atoms with van der Waals surface area (Å²) in [4.78, 5) is 24.7. The van der Waals surface area contributed by atoms with E-state index in [4.69, 9.17) is 9.84 Å². The summed E-state index contributed by atoms with van der Waals surface area (Å²) in [5, 5.41) is 9.12. The normalized spacial score (nSPS) is 15.1. The minimum atomic E-state index is -4.56. The van der Waals surface area contributed by atoms with Crippen LogP contribution in [0.1, 0.15) is 41.5 Å². The topological polar surface area (TPSA) is 88.4 Å². The Morgan fingerprint density at radius 1 is 1.30 bits per heavy atom. The van der Waals surface area contributed by atoms with Crippen molar-refractivity contribution in [2.24, 2.45) is 0 Å². The van der Waals surface area contributed by atoms with E-state index in [1.165, 1.54) is 17.0 Å². The zero-order chi connectivity index (χ0) is 21.9. The van der Waals surface area contributed by atoms with Gasteiger partial charge in [0.2, 0.25) is 5.88 Å². The third kappa shape index (κ3) is 5.05. The van der Waals surface area contributed by atoms with Crippen LogP contribution in [-0.2, 0) is 6.18 Å². The molecule has 1 N–H and O–H groups in total. The summed E-state index contributed by atoms with van der Waals surface area (Å²) in [6.07, 6.45) is -2.66. The van der Waals surface area contributed by atoms with Crippen LogP contribution in [0.2, 0.25) is 0 Å². The maximum atomic E-state index is 12.8. The quantitative estimate of drug-likeness (QED) is 0.779. The van der Waals surface area contributed by atoms with Gasteiger partial charge in [0.25, 0.3) is 0 Å². The molecule has 1 amide bonds. The molecule has 0 atom stereocenters. The molecule has 0 aromatic carbocycles. The number of carboxylic acid groups (broad SMARTS) is 1. The van der Waals surface area contributed by atoms with Crippen molar-refractivity contribution in [3.8, 4) is 5.88 Å². The van der Waals surface area contributed by atoms with E-state index in [0.29, 0.717) is 42.9 Å². The molecule has 10 heteroatoms. The Labute approximate surface area is 171 Å². The van der Waals surface area contributed by atoms with Gasteiger partial charge < -0.3 is 14.7 Å². The lowest BCUT2D eigenvalue weighted by atomic mass is 9.89. The number of nitrogens with zero attached hydrogens (tertiary/aromatic N) is 4. The fraction of sp³-hybridized carbons (Fsp3) is 0.400. The SMILES string of the molecule is C=C(COc1cccc(C(F)(F)F)n1)c1cnc(C)nc1C1CCN(C(=O)O)CC1. The molecule has 0 saturated carbocycles. The molecule has 1 saturated heterocycles. The summed E-state index contributed by atoms with van der Waals surface area (Å²) < 4.78 is 43.9. The van der Waals surface area contributed by atoms with Gasteiger partial charge in [-0.1, -0.05) is 12.6 Å². The second-order valence-corrected chi connectivity index (χ2v) is 7.01. The van der Waals surface area contributed by atoms with E-state index in [1.807, 2.05) is 0 Å². The lowest BCUT2D eigenvalue weighted by Crippen LogP contribution is -2.37. The van der Waals surface area contributed by atoms with Crippen LogP contribution in [0, 0.1) is 6.92 Å². The number of piperidine rings is 1. The standard InChI is InChI=1S/C20H21F3N4O3/c1-12(11-30-17-5-3-4-16(26-17)20(21,22)23)15-10-24-13(2)25-18(15)14-6-8-27(9-7-14)19(28)29/h3-5,10,14H,1,6-9,11H2,2H3,(H,28,29). The number of rotatable bonds is 5. The van der Waals surface area contributed by atoms with E-state index in [0.717, 1.165) is 11.8 Å². The Bertz CT molecular complexity index is 941. The summed E-state index contributed by atoms with van der Waals surface area (Å²) in [6, 6.07) is 3.44.